The van der Waals surface area contributed by atoms with E-state index in [9.17, 15) is 4.79 Å². The number of imidazole rings is 1. The Hall–Kier alpha value is -3.73. The number of ether oxygens (including phenoxy) is 2. The number of carbonyl (C=O) groups excluding carboxylic acids is 1. The third kappa shape index (κ3) is 6.83. The van der Waals surface area contributed by atoms with Crippen molar-refractivity contribution in [1.29, 1.82) is 0 Å². The number of hydrogen-bond donors (Lipinski definition) is 1. The summed E-state index contributed by atoms with van der Waals surface area (Å²) in [6.07, 6.45) is 8.27. The number of likely N-dealkylation sites (tertiary alicyclic amines) is 1. The van der Waals surface area contributed by atoms with E-state index < -0.39 is 0 Å². The van der Waals surface area contributed by atoms with Crippen LogP contribution in [0, 0.1) is 5.92 Å². The number of halogens is 2. The van der Waals surface area contributed by atoms with Gasteiger partial charge in [-0.2, -0.15) is 0 Å². The van der Waals surface area contributed by atoms with Gasteiger partial charge >= 0.3 is 5.97 Å². The summed E-state index contributed by atoms with van der Waals surface area (Å²) >= 11 is 12.6. The van der Waals surface area contributed by atoms with Crippen LogP contribution in [-0.2, 0) is 29.0 Å². The fourth-order valence-electron chi connectivity index (χ4n) is 5.51. The lowest BCUT2D eigenvalue weighted by molar-refractivity contribution is -0.142. The van der Waals surface area contributed by atoms with Crippen LogP contribution in [0.3, 0.4) is 0 Å². The maximum Gasteiger partial charge on any atom is 0.305 e. The number of piperidine rings is 1. The summed E-state index contributed by atoms with van der Waals surface area (Å²) in [6, 6.07) is 9.34. The molecule has 10 nitrogen and oxygen atoms in total. The molecule has 0 bridgehead atoms. The number of fused-ring (bicyclic) bond motifs is 1. The molecule has 1 fully saturated rings. The summed E-state index contributed by atoms with van der Waals surface area (Å²) in [5.74, 6) is 1.75. The number of benzene rings is 1. The van der Waals surface area contributed by atoms with Crippen LogP contribution in [0.1, 0.15) is 36.2 Å². The van der Waals surface area contributed by atoms with Gasteiger partial charge in [0, 0.05) is 47.6 Å². The third-order valence-corrected chi connectivity index (χ3v) is 8.15. The average Bonchev–Trinajstić information content (AvgIpc) is 3.46. The van der Waals surface area contributed by atoms with Crippen LogP contribution in [0.15, 0.2) is 49.1 Å². The Kier molecular flexibility index (Phi) is 8.55. The predicted molar refractivity (Wildman–Crippen MR) is 160 cm³/mol. The Balaban J connectivity index is 1.19. The molecule has 1 saturated heterocycles. The van der Waals surface area contributed by atoms with Gasteiger partial charge in [-0.05, 0) is 61.7 Å². The van der Waals surface area contributed by atoms with E-state index in [0.717, 1.165) is 61.4 Å². The van der Waals surface area contributed by atoms with Gasteiger partial charge in [-0.3, -0.25) is 9.69 Å². The van der Waals surface area contributed by atoms with E-state index in [0.29, 0.717) is 58.7 Å². The van der Waals surface area contributed by atoms with Crippen LogP contribution in [0.5, 0.6) is 11.6 Å². The molecule has 5 heterocycles. The van der Waals surface area contributed by atoms with E-state index in [1.165, 1.54) is 7.11 Å². The first-order valence-corrected chi connectivity index (χ1v) is 14.7. The van der Waals surface area contributed by atoms with Crippen molar-refractivity contribution in [2.45, 2.75) is 38.8 Å². The molecule has 12 heteroatoms. The molecule has 0 unspecified atom stereocenters. The Morgan fingerprint density at radius 1 is 1.02 bits per heavy atom. The molecule has 1 aromatic carbocycles. The number of methoxy groups -OCH3 is 1. The number of nitrogens with zero attached hydrogens (tertiary/aromatic N) is 6. The predicted octanol–water partition coefficient (Wildman–Crippen LogP) is 5.70. The number of anilines is 1. The Bertz CT molecular complexity index is 1530. The molecule has 1 N–H and O–H groups in total. The molecule has 4 aromatic rings. The van der Waals surface area contributed by atoms with Crippen LogP contribution >= 0.6 is 23.2 Å². The molecule has 6 rings (SSSR count). The number of H-pyrrole nitrogens is 1. The highest BCUT2D eigenvalue weighted by Gasteiger charge is 2.23. The minimum absolute atomic E-state index is 0.144. The zero-order valence-corrected chi connectivity index (χ0v) is 24.7. The van der Waals surface area contributed by atoms with Crippen molar-refractivity contribution < 1.29 is 14.3 Å². The van der Waals surface area contributed by atoms with Crippen LogP contribution in [0.25, 0.3) is 11.3 Å². The number of esters is 1. The summed E-state index contributed by atoms with van der Waals surface area (Å²) in [5.41, 5.74) is 4.73. The monoisotopic (exact) mass is 607 g/mol. The smallest absolute Gasteiger partial charge is 0.305 e. The van der Waals surface area contributed by atoms with Crippen molar-refractivity contribution in [2.75, 3.05) is 31.6 Å². The standard InChI is InChI=1S/C30H31Cl2N7O3/c1-41-29(40)10-19-2-5-38(6-3-19)16-20-8-26(21-11-22(31)13-23(32)12-21)37-28(9-20)42-24-14-33-30(34-15-24)39-7-4-25-27(17-39)36-18-35-25/h8-9,11-15,18-19H,2-7,10,16-17H2,1H3,(H,35,36). The third-order valence-electron chi connectivity index (χ3n) is 7.71. The van der Waals surface area contributed by atoms with Gasteiger partial charge in [-0.1, -0.05) is 23.2 Å². The molecule has 0 atom stereocenters. The first kappa shape index (κ1) is 28.4. The molecular formula is C30H31Cl2N7O3. The van der Waals surface area contributed by atoms with E-state index in [1.54, 1.807) is 24.8 Å². The second kappa shape index (κ2) is 12.6. The molecule has 218 valence electrons. The zero-order chi connectivity index (χ0) is 29.1. The number of hydrogen-bond acceptors (Lipinski definition) is 9. The highest BCUT2D eigenvalue weighted by atomic mass is 35.5. The van der Waals surface area contributed by atoms with Crippen molar-refractivity contribution >= 4 is 35.1 Å². The van der Waals surface area contributed by atoms with Gasteiger partial charge in [0.15, 0.2) is 5.75 Å². The molecule has 3 aromatic heterocycles. The number of carbonyl (C=O) groups is 1. The lowest BCUT2D eigenvalue weighted by Gasteiger charge is -2.31. The lowest BCUT2D eigenvalue weighted by Crippen LogP contribution is -2.34. The summed E-state index contributed by atoms with van der Waals surface area (Å²) in [7, 11) is 1.44. The highest BCUT2D eigenvalue weighted by Crippen LogP contribution is 2.31. The van der Waals surface area contributed by atoms with Gasteiger partial charge in [0.05, 0.1) is 49.5 Å². The second-order valence-electron chi connectivity index (χ2n) is 10.7. The first-order valence-electron chi connectivity index (χ1n) is 13.9. The summed E-state index contributed by atoms with van der Waals surface area (Å²) < 4.78 is 11.0. The minimum atomic E-state index is -0.144. The molecular weight excluding hydrogens is 577 g/mol. The van der Waals surface area contributed by atoms with E-state index in [2.05, 4.69) is 29.7 Å². The summed E-state index contributed by atoms with van der Waals surface area (Å²) in [5, 5.41) is 1.06. The van der Waals surface area contributed by atoms with Crippen LogP contribution in [0.4, 0.5) is 5.95 Å². The van der Waals surface area contributed by atoms with E-state index in [4.69, 9.17) is 37.7 Å². The van der Waals surface area contributed by atoms with E-state index >= 15 is 0 Å². The Labute approximate surface area is 254 Å². The van der Waals surface area contributed by atoms with E-state index in [1.807, 2.05) is 24.3 Å². The molecule has 0 amide bonds. The average molecular weight is 609 g/mol. The number of aromatic nitrogens is 5. The molecule has 0 spiro atoms. The number of aromatic amines is 1. The van der Waals surface area contributed by atoms with Crippen LogP contribution in [-0.4, -0.2) is 62.5 Å². The topological polar surface area (TPSA) is 109 Å². The molecule has 0 radical (unpaired) electrons. The van der Waals surface area contributed by atoms with Crippen LogP contribution in [0.2, 0.25) is 10.0 Å². The summed E-state index contributed by atoms with van der Waals surface area (Å²) in [4.78, 5) is 37.6. The number of rotatable bonds is 8. The van der Waals surface area contributed by atoms with Gasteiger partial charge in [0.2, 0.25) is 11.8 Å². The van der Waals surface area contributed by atoms with Crippen molar-refractivity contribution in [3.05, 3.63) is 76.0 Å². The van der Waals surface area contributed by atoms with Crippen molar-refractivity contribution in [2.24, 2.45) is 5.92 Å². The van der Waals surface area contributed by atoms with Gasteiger partial charge in [0.25, 0.3) is 0 Å². The summed E-state index contributed by atoms with van der Waals surface area (Å²) in [6.45, 7) is 3.98. The zero-order valence-electron chi connectivity index (χ0n) is 23.2. The molecule has 0 aliphatic carbocycles. The fourth-order valence-corrected chi connectivity index (χ4v) is 6.03. The van der Waals surface area contributed by atoms with Crippen molar-refractivity contribution in [1.82, 2.24) is 29.8 Å². The maximum absolute atomic E-state index is 11.7. The van der Waals surface area contributed by atoms with Crippen molar-refractivity contribution in [3.63, 3.8) is 0 Å². The SMILES string of the molecule is COC(=O)CC1CCN(Cc2cc(Oc3cnc(N4CCc5nc[nH]c5C4)nc3)nc(-c3cc(Cl)cc(Cl)c3)c2)CC1. The van der Waals surface area contributed by atoms with Crippen LogP contribution < -0.4 is 9.64 Å². The quantitative estimate of drug-likeness (QED) is 0.252. The minimum Gasteiger partial charge on any atom is -0.469 e. The first-order chi connectivity index (χ1) is 20.4. The molecule has 0 saturated carbocycles. The van der Waals surface area contributed by atoms with Gasteiger partial charge in [-0.15, -0.1) is 0 Å². The van der Waals surface area contributed by atoms with Gasteiger partial charge in [0.1, 0.15) is 0 Å². The normalized spacial score (nSPS) is 15.8. The largest absolute Gasteiger partial charge is 0.469 e. The molecule has 42 heavy (non-hydrogen) atoms. The second-order valence-corrected chi connectivity index (χ2v) is 11.5. The molecule has 2 aliphatic rings. The van der Waals surface area contributed by atoms with Crippen molar-refractivity contribution in [3.8, 4) is 22.9 Å². The number of pyridine rings is 1. The molecule has 2 aliphatic heterocycles. The van der Waals surface area contributed by atoms with Gasteiger partial charge < -0.3 is 19.4 Å². The lowest BCUT2D eigenvalue weighted by atomic mass is 9.93. The van der Waals surface area contributed by atoms with E-state index in [-0.39, 0.29) is 5.97 Å². The fraction of sp³-hybridized carbons (Fsp3) is 0.367. The highest BCUT2D eigenvalue weighted by molar-refractivity contribution is 6.35. The Morgan fingerprint density at radius 2 is 1.79 bits per heavy atom. The van der Waals surface area contributed by atoms with Gasteiger partial charge in [-0.25, -0.2) is 19.9 Å². The Morgan fingerprint density at radius 3 is 2.52 bits per heavy atom. The number of nitrogens with one attached hydrogen (secondary N) is 1. The maximum atomic E-state index is 11.7.